The topological polar surface area (TPSA) is 40.6 Å². The lowest BCUT2D eigenvalue weighted by molar-refractivity contribution is -0.137. The monoisotopic (exact) mass is 226 g/mol. The molecule has 1 aliphatic heterocycles. The van der Waals surface area contributed by atoms with E-state index >= 15 is 0 Å². The molecule has 0 aromatic rings. The van der Waals surface area contributed by atoms with Crippen molar-refractivity contribution < 1.29 is 9.59 Å². The third-order valence-corrected chi connectivity index (χ3v) is 3.26. The van der Waals surface area contributed by atoms with E-state index < -0.39 is 0 Å². The summed E-state index contributed by atoms with van der Waals surface area (Å²) in [5.41, 5.74) is 0. The fourth-order valence-electron chi connectivity index (χ4n) is 2.15. The summed E-state index contributed by atoms with van der Waals surface area (Å²) in [6.45, 7) is 8.64. The van der Waals surface area contributed by atoms with Gasteiger partial charge in [0.05, 0.1) is 12.6 Å². The average molecular weight is 226 g/mol. The third-order valence-electron chi connectivity index (χ3n) is 3.26. The molecule has 0 bridgehead atoms. The van der Waals surface area contributed by atoms with E-state index in [2.05, 4.69) is 0 Å². The van der Waals surface area contributed by atoms with E-state index in [1.165, 1.54) is 0 Å². The second-order valence-corrected chi connectivity index (χ2v) is 4.30. The highest BCUT2D eigenvalue weighted by atomic mass is 16.2. The quantitative estimate of drug-likeness (QED) is 0.715. The molecule has 0 aliphatic carbocycles. The molecule has 1 unspecified atom stereocenters. The van der Waals surface area contributed by atoms with Gasteiger partial charge in [-0.05, 0) is 33.7 Å². The van der Waals surface area contributed by atoms with E-state index in [1.54, 1.807) is 0 Å². The highest BCUT2D eigenvalue weighted by Gasteiger charge is 2.28. The van der Waals surface area contributed by atoms with Crippen LogP contribution in [0.4, 0.5) is 0 Å². The first kappa shape index (κ1) is 13.2. The predicted octanol–water partition coefficient (Wildman–Crippen LogP) is 0.908. The maximum atomic E-state index is 12.1. The van der Waals surface area contributed by atoms with E-state index in [1.807, 2.05) is 30.6 Å². The van der Waals surface area contributed by atoms with Gasteiger partial charge in [0.25, 0.3) is 0 Å². The summed E-state index contributed by atoms with van der Waals surface area (Å²) >= 11 is 0. The molecule has 4 heteroatoms. The number of likely N-dealkylation sites (tertiary alicyclic amines) is 1. The summed E-state index contributed by atoms with van der Waals surface area (Å²) in [5, 5.41) is 0. The van der Waals surface area contributed by atoms with E-state index in [0.717, 1.165) is 26.1 Å². The Balaban J connectivity index is 2.58. The number of nitrogens with zero attached hydrogens (tertiary/aromatic N) is 2. The molecule has 0 spiro atoms. The first-order valence-electron chi connectivity index (χ1n) is 6.14. The van der Waals surface area contributed by atoms with E-state index in [-0.39, 0.29) is 17.7 Å². The number of likely N-dealkylation sites (N-methyl/N-ethyl adjacent to an activating group) is 1. The Morgan fingerprint density at radius 3 is 2.56 bits per heavy atom. The van der Waals surface area contributed by atoms with Crippen LogP contribution in [0.15, 0.2) is 0 Å². The summed E-state index contributed by atoms with van der Waals surface area (Å²) in [7, 11) is 0. The number of hydrogen-bond donors (Lipinski definition) is 0. The van der Waals surface area contributed by atoms with Crippen LogP contribution >= 0.6 is 0 Å². The van der Waals surface area contributed by atoms with Crippen molar-refractivity contribution in [3.05, 3.63) is 0 Å². The van der Waals surface area contributed by atoms with Crippen LogP contribution in [0.25, 0.3) is 0 Å². The first-order chi connectivity index (χ1) is 7.60. The number of ketones is 1. The lowest BCUT2D eigenvalue weighted by Crippen LogP contribution is -2.50. The molecular formula is C12H22N2O2. The van der Waals surface area contributed by atoms with Crippen molar-refractivity contribution in [1.82, 2.24) is 9.80 Å². The number of amides is 1. The Labute approximate surface area is 97.6 Å². The minimum Gasteiger partial charge on any atom is -0.342 e. The van der Waals surface area contributed by atoms with E-state index in [9.17, 15) is 9.59 Å². The summed E-state index contributed by atoms with van der Waals surface area (Å²) in [4.78, 5) is 27.2. The van der Waals surface area contributed by atoms with Crippen LogP contribution in [-0.4, -0.2) is 53.7 Å². The Hall–Kier alpha value is -0.900. The lowest BCUT2D eigenvalue weighted by Gasteiger charge is -2.33. The van der Waals surface area contributed by atoms with Crippen molar-refractivity contribution in [2.24, 2.45) is 0 Å². The molecule has 1 aliphatic rings. The van der Waals surface area contributed by atoms with Crippen LogP contribution < -0.4 is 0 Å². The molecule has 0 radical (unpaired) electrons. The lowest BCUT2D eigenvalue weighted by atomic mass is 10.1. The van der Waals surface area contributed by atoms with Gasteiger partial charge in [-0.2, -0.15) is 0 Å². The SMILES string of the molecule is CCN(CC)C(=O)C(C)N1CCCC(=O)C1. The number of hydrogen-bond acceptors (Lipinski definition) is 3. The minimum absolute atomic E-state index is 0.139. The highest BCUT2D eigenvalue weighted by molar-refractivity contribution is 5.84. The van der Waals surface area contributed by atoms with Gasteiger partial charge < -0.3 is 4.90 Å². The zero-order valence-corrected chi connectivity index (χ0v) is 10.5. The Morgan fingerprint density at radius 2 is 2.06 bits per heavy atom. The van der Waals surface area contributed by atoms with Crippen molar-refractivity contribution in [2.45, 2.75) is 39.7 Å². The number of carbonyl (C=O) groups is 2. The second-order valence-electron chi connectivity index (χ2n) is 4.30. The van der Waals surface area contributed by atoms with Gasteiger partial charge in [0.15, 0.2) is 0 Å². The molecule has 1 heterocycles. The van der Waals surface area contributed by atoms with Crippen molar-refractivity contribution in [3.8, 4) is 0 Å². The molecule has 1 rings (SSSR count). The molecule has 1 saturated heterocycles. The zero-order valence-electron chi connectivity index (χ0n) is 10.5. The van der Waals surface area contributed by atoms with Gasteiger partial charge in [0, 0.05) is 19.5 Å². The summed E-state index contributed by atoms with van der Waals surface area (Å²) < 4.78 is 0. The number of piperidine rings is 1. The average Bonchev–Trinajstić information content (AvgIpc) is 2.29. The predicted molar refractivity (Wildman–Crippen MR) is 63.2 cm³/mol. The van der Waals surface area contributed by atoms with Crippen LogP contribution in [0.5, 0.6) is 0 Å². The molecule has 0 saturated carbocycles. The van der Waals surface area contributed by atoms with Gasteiger partial charge in [-0.1, -0.05) is 0 Å². The molecule has 1 amide bonds. The number of rotatable bonds is 4. The van der Waals surface area contributed by atoms with Gasteiger partial charge in [-0.25, -0.2) is 0 Å². The zero-order chi connectivity index (χ0) is 12.1. The second kappa shape index (κ2) is 5.99. The van der Waals surface area contributed by atoms with E-state index in [4.69, 9.17) is 0 Å². The van der Waals surface area contributed by atoms with Crippen molar-refractivity contribution >= 4 is 11.7 Å². The van der Waals surface area contributed by atoms with Gasteiger partial charge in [-0.3, -0.25) is 14.5 Å². The number of carbonyl (C=O) groups excluding carboxylic acids is 2. The molecule has 1 atom stereocenters. The van der Waals surface area contributed by atoms with Crippen LogP contribution in [0.1, 0.15) is 33.6 Å². The van der Waals surface area contributed by atoms with Crippen LogP contribution in [0.2, 0.25) is 0 Å². The highest BCUT2D eigenvalue weighted by Crippen LogP contribution is 2.11. The molecule has 0 aromatic carbocycles. The number of Topliss-reactive ketones (excluding diaryl/α,β-unsaturated/α-hetero) is 1. The molecular weight excluding hydrogens is 204 g/mol. The first-order valence-corrected chi connectivity index (χ1v) is 6.14. The molecule has 16 heavy (non-hydrogen) atoms. The van der Waals surface area contributed by atoms with E-state index in [0.29, 0.717) is 13.0 Å². The van der Waals surface area contributed by atoms with Gasteiger partial charge in [0.1, 0.15) is 5.78 Å². The van der Waals surface area contributed by atoms with Crippen LogP contribution in [-0.2, 0) is 9.59 Å². The maximum absolute atomic E-state index is 12.1. The van der Waals surface area contributed by atoms with Crippen molar-refractivity contribution in [2.75, 3.05) is 26.2 Å². The van der Waals surface area contributed by atoms with Crippen molar-refractivity contribution in [3.63, 3.8) is 0 Å². The fraction of sp³-hybridized carbons (Fsp3) is 0.833. The minimum atomic E-state index is -0.163. The van der Waals surface area contributed by atoms with Gasteiger partial charge >= 0.3 is 0 Å². The Morgan fingerprint density at radius 1 is 1.44 bits per heavy atom. The summed E-state index contributed by atoms with van der Waals surface area (Å²) in [6.07, 6.45) is 1.55. The fourth-order valence-corrected chi connectivity index (χ4v) is 2.15. The van der Waals surface area contributed by atoms with Crippen LogP contribution in [0, 0.1) is 0 Å². The summed E-state index contributed by atoms with van der Waals surface area (Å²) in [6, 6.07) is -0.163. The molecule has 4 nitrogen and oxygen atoms in total. The smallest absolute Gasteiger partial charge is 0.239 e. The molecule has 92 valence electrons. The standard InChI is InChI=1S/C12H22N2O2/c1-4-13(5-2)12(16)10(3)14-8-6-7-11(15)9-14/h10H,4-9H2,1-3H3. The van der Waals surface area contributed by atoms with Gasteiger partial charge in [-0.15, -0.1) is 0 Å². The Bertz CT molecular complexity index is 262. The molecule has 1 fully saturated rings. The maximum Gasteiger partial charge on any atom is 0.239 e. The van der Waals surface area contributed by atoms with Crippen LogP contribution in [0.3, 0.4) is 0 Å². The van der Waals surface area contributed by atoms with Crippen molar-refractivity contribution in [1.29, 1.82) is 0 Å². The Kier molecular flexibility index (Phi) is 4.93. The molecule has 0 aromatic heterocycles. The molecule has 0 N–H and O–H groups in total. The van der Waals surface area contributed by atoms with Gasteiger partial charge in [0.2, 0.25) is 5.91 Å². The third kappa shape index (κ3) is 3.04. The summed E-state index contributed by atoms with van der Waals surface area (Å²) in [5.74, 6) is 0.394. The largest absolute Gasteiger partial charge is 0.342 e. The normalized spacial score (nSPS) is 19.6.